The molecule has 1 N–H and O–H groups in total. The van der Waals surface area contributed by atoms with Gasteiger partial charge >= 0.3 is 5.97 Å². The van der Waals surface area contributed by atoms with Crippen LogP contribution in [0.5, 0.6) is 0 Å². The summed E-state index contributed by atoms with van der Waals surface area (Å²) in [5, 5.41) is 8.11. The van der Waals surface area contributed by atoms with Crippen LogP contribution in [0.2, 0.25) is 0 Å². The van der Waals surface area contributed by atoms with E-state index in [-0.39, 0.29) is 26.2 Å². The van der Waals surface area contributed by atoms with Gasteiger partial charge in [0.2, 0.25) is 2.14 Å². The molecule has 0 saturated carbocycles. The van der Waals surface area contributed by atoms with Gasteiger partial charge in [0.05, 0.1) is 0 Å². The Bertz CT molecular complexity index is 87.8. The smallest absolute Gasteiger partial charge is 0.342 e. The summed E-state index contributed by atoms with van der Waals surface area (Å²) >= 11 is 8.33. The third-order valence-corrected chi connectivity index (χ3v) is 1.26. The first kappa shape index (κ1) is 12.5. The predicted molar refractivity (Wildman–Crippen MR) is 37.1 cm³/mol. The van der Waals surface area contributed by atoms with Crippen molar-refractivity contribution in [3.05, 3.63) is 0 Å². The normalized spacial score (nSPS) is 9.88. The first-order chi connectivity index (χ1) is 2.94. The molecule has 2 nitrogen and oxygen atoms in total. The minimum absolute atomic E-state index is 0. The molecule has 0 aromatic rings. The maximum atomic E-state index is 9.88. The van der Waals surface area contributed by atoms with Crippen LogP contribution in [0.1, 0.15) is 0 Å². The summed E-state index contributed by atoms with van der Waals surface area (Å²) < 4.78 is -1.15. The van der Waals surface area contributed by atoms with Crippen molar-refractivity contribution in [2.24, 2.45) is 0 Å². The Hall–Kier alpha value is 1.79. The monoisotopic (exact) mass is 384 g/mol. The van der Waals surface area contributed by atoms with Gasteiger partial charge in [-0.05, 0) is 47.8 Å². The van der Waals surface area contributed by atoms with E-state index in [2.05, 4.69) is 47.8 Å². The number of aliphatic carboxylic acids is 1. The van der Waals surface area contributed by atoms with E-state index in [0.29, 0.717) is 0 Å². The summed E-state index contributed by atoms with van der Waals surface area (Å²) in [6, 6.07) is 0. The van der Waals surface area contributed by atoms with Crippen molar-refractivity contribution in [2.75, 3.05) is 0 Å². The van der Waals surface area contributed by atoms with Crippen molar-refractivity contribution in [1.82, 2.24) is 0 Å². The molecule has 0 aromatic heterocycles. The predicted octanol–water partition coefficient (Wildman–Crippen LogP) is 1.91. The van der Waals surface area contributed by atoms with Crippen LogP contribution < -0.4 is 0 Å². The number of carboxylic acids is 1. The molecule has 6 heteroatoms. The average molecular weight is 388 g/mol. The largest absolute Gasteiger partial charge is 0.479 e. The third-order valence-electron chi connectivity index (χ3n) is 0.243. The van der Waals surface area contributed by atoms with E-state index < -0.39 is 8.11 Å². The van der Waals surface area contributed by atoms with Gasteiger partial charge in [-0.1, -0.05) is 0 Å². The quantitative estimate of drug-likeness (QED) is 0.645. The van der Waals surface area contributed by atoms with E-state index in [9.17, 15) is 4.79 Å². The molecule has 46 valence electrons. The van der Waals surface area contributed by atoms with Crippen molar-refractivity contribution < 1.29 is 36.1 Å². The maximum Gasteiger partial charge on any atom is 0.342 e. The molecule has 0 aliphatic carbocycles. The number of alkyl halides is 3. The fourth-order valence-electron chi connectivity index (χ4n) is 0. The molecule has 0 heterocycles. The molecule has 0 spiro atoms. The van der Waals surface area contributed by atoms with E-state index in [1.807, 2.05) is 0 Å². The molecular formula is C2HBr3O2Zr. The maximum absolute atomic E-state index is 9.88. The minimum atomic E-state index is -1.15. The number of carbonyl (C=O) groups is 1. The van der Waals surface area contributed by atoms with E-state index >= 15 is 0 Å². The van der Waals surface area contributed by atoms with Crippen molar-refractivity contribution in [2.45, 2.75) is 2.14 Å². The first-order valence-electron chi connectivity index (χ1n) is 1.24. The molecule has 0 amide bonds. The Morgan fingerprint density at radius 1 is 1.38 bits per heavy atom. The van der Waals surface area contributed by atoms with Gasteiger partial charge in [-0.3, -0.25) is 0 Å². The zero-order valence-corrected chi connectivity index (χ0v) is 10.7. The number of hydrogen-bond donors (Lipinski definition) is 1. The Kier molecular flexibility index (Phi) is 7.14. The van der Waals surface area contributed by atoms with Gasteiger partial charge in [-0.25, -0.2) is 4.79 Å². The third kappa shape index (κ3) is 5.92. The second-order valence-corrected chi connectivity index (χ2v) is 7.56. The second kappa shape index (κ2) is 4.58. The van der Waals surface area contributed by atoms with Gasteiger partial charge in [0.25, 0.3) is 0 Å². The SMILES string of the molecule is O=C(O)C(Br)(Br)Br.[Zr]. The van der Waals surface area contributed by atoms with Crippen LogP contribution in [-0.4, -0.2) is 13.2 Å². The molecule has 0 rings (SSSR count). The van der Waals surface area contributed by atoms with Crippen molar-refractivity contribution in [3.8, 4) is 0 Å². The summed E-state index contributed by atoms with van der Waals surface area (Å²) in [6.45, 7) is 0. The van der Waals surface area contributed by atoms with E-state index in [1.54, 1.807) is 0 Å². The zero-order valence-electron chi connectivity index (χ0n) is 3.49. The molecule has 0 bridgehead atoms. The van der Waals surface area contributed by atoms with Gasteiger partial charge < -0.3 is 5.11 Å². The topological polar surface area (TPSA) is 37.3 Å². The summed E-state index contributed by atoms with van der Waals surface area (Å²) in [4.78, 5) is 9.88. The number of carboxylic acid groups (broad SMARTS) is 1. The van der Waals surface area contributed by atoms with Crippen LogP contribution in [0, 0.1) is 0 Å². The fourth-order valence-corrected chi connectivity index (χ4v) is 0. The standard InChI is InChI=1S/C2HBr3O2.Zr/c3-2(4,5)1(6)7;/h(H,6,7);. The fraction of sp³-hybridized carbons (Fsp3) is 0.500. The molecule has 0 atom stereocenters. The van der Waals surface area contributed by atoms with E-state index in [1.165, 1.54) is 0 Å². The Morgan fingerprint density at radius 2 is 1.50 bits per heavy atom. The van der Waals surface area contributed by atoms with Gasteiger partial charge in [0.1, 0.15) is 0 Å². The van der Waals surface area contributed by atoms with E-state index in [0.717, 1.165) is 0 Å². The van der Waals surface area contributed by atoms with Crippen LogP contribution in [0.4, 0.5) is 0 Å². The number of halogens is 3. The van der Waals surface area contributed by atoms with Crippen LogP contribution >= 0.6 is 47.8 Å². The van der Waals surface area contributed by atoms with Crippen LogP contribution in [0.15, 0.2) is 0 Å². The van der Waals surface area contributed by atoms with Gasteiger partial charge in [0.15, 0.2) is 0 Å². The molecule has 0 aromatic carbocycles. The molecule has 0 aliphatic heterocycles. The average Bonchev–Trinajstić information content (AvgIpc) is 1.31. The Labute approximate surface area is 90.9 Å². The van der Waals surface area contributed by atoms with Crippen LogP contribution in [0.3, 0.4) is 0 Å². The first-order valence-corrected chi connectivity index (χ1v) is 3.62. The van der Waals surface area contributed by atoms with Crippen LogP contribution in [-0.2, 0) is 31.0 Å². The molecule has 0 unspecified atom stereocenters. The number of hydrogen-bond acceptors (Lipinski definition) is 1. The molecule has 0 aliphatic rings. The van der Waals surface area contributed by atoms with E-state index in [4.69, 9.17) is 5.11 Å². The van der Waals surface area contributed by atoms with Crippen molar-refractivity contribution in [1.29, 1.82) is 0 Å². The van der Waals surface area contributed by atoms with Crippen molar-refractivity contribution in [3.63, 3.8) is 0 Å². The zero-order chi connectivity index (χ0) is 6.08. The van der Waals surface area contributed by atoms with Gasteiger partial charge in [-0.2, -0.15) is 0 Å². The summed E-state index contributed by atoms with van der Waals surface area (Å²) in [5.41, 5.74) is 0. The molecule has 0 saturated heterocycles. The number of rotatable bonds is 0. The summed E-state index contributed by atoms with van der Waals surface area (Å²) in [7, 11) is 0. The molecule has 8 heavy (non-hydrogen) atoms. The second-order valence-electron chi connectivity index (χ2n) is 0.803. The van der Waals surface area contributed by atoms with Gasteiger partial charge in [0, 0.05) is 26.2 Å². The summed E-state index contributed by atoms with van der Waals surface area (Å²) in [6.07, 6.45) is 0. The van der Waals surface area contributed by atoms with Crippen molar-refractivity contribution >= 4 is 53.8 Å². The Morgan fingerprint density at radius 3 is 1.50 bits per heavy atom. The summed E-state index contributed by atoms with van der Waals surface area (Å²) in [5.74, 6) is -1.01. The van der Waals surface area contributed by atoms with Gasteiger partial charge in [-0.15, -0.1) is 0 Å². The minimum Gasteiger partial charge on any atom is -0.479 e. The molecule has 0 radical (unpaired) electrons. The van der Waals surface area contributed by atoms with Crippen LogP contribution in [0.25, 0.3) is 0 Å². The Balaban J connectivity index is 0. The molecular weight excluding hydrogens is 387 g/mol. The molecule has 0 fully saturated rings.